The third-order valence-electron chi connectivity index (χ3n) is 2.53. The summed E-state index contributed by atoms with van der Waals surface area (Å²) in [6, 6.07) is 5.31. The van der Waals surface area contributed by atoms with Gasteiger partial charge in [-0.05, 0) is 18.2 Å². The number of rotatable bonds is 6. The lowest BCUT2D eigenvalue weighted by Crippen LogP contribution is -2.04. The van der Waals surface area contributed by atoms with Crippen LogP contribution in [0.4, 0.5) is 0 Å². The van der Waals surface area contributed by atoms with E-state index < -0.39 is 5.97 Å². The third kappa shape index (κ3) is 3.82. The average molecular weight is 313 g/mol. The molecule has 20 heavy (non-hydrogen) atoms. The van der Waals surface area contributed by atoms with Gasteiger partial charge in [-0.25, -0.2) is 9.97 Å². The lowest BCUT2D eigenvalue weighted by Gasteiger charge is -2.08. The Hall–Kier alpha value is -1.37. The van der Waals surface area contributed by atoms with E-state index in [4.69, 9.17) is 21.4 Å². The van der Waals surface area contributed by atoms with E-state index in [9.17, 15) is 4.79 Å². The summed E-state index contributed by atoms with van der Waals surface area (Å²) in [6.07, 6.45) is 0.579. The maximum absolute atomic E-state index is 10.7. The monoisotopic (exact) mass is 312 g/mol. The largest absolute Gasteiger partial charge is 0.481 e. The minimum atomic E-state index is -0.887. The maximum Gasteiger partial charge on any atom is 0.313 e. The summed E-state index contributed by atoms with van der Waals surface area (Å²) in [5, 5.41) is 10.8. The van der Waals surface area contributed by atoms with Crippen molar-refractivity contribution in [3.63, 3.8) is 0 Å². The number of nitrogens with zero attached hydrogens (tertiary/aromatic N) is 2. The molecule has 2 aromatic rings. The topological polar surface area (TPSA) is 72.3 Å². The normalized spacial score (nSPS) is 10.9. The van der Waals surface area contributed by atoms with Gasteiger partial charge in [0.15, 0.2) is 0 Å². The van der Waals surface area contributed by atoms with Crippen LogP contribution in [0.3, 0.4) is 0 Å². The van der Waals surface area contributed by atoms with Crippen molar-refractivity contribution in [1.82, 2.24) is 9.97 Å². The van der Waals surface area contributed by atoms with E-state index in [1.165, 1.54) is 0 Å². The minimum Gasteiger partial charge on any atom is -0.481 e. The molecule has 0 aliphatic rings. The van der Waals surface area contributed by atoms with E-state index in [-0.39, 0.29) is 5.75 Å². The number of benzene rings is 1. The number of aromatic nitrogens is 2. The molecule has 0 fully saturated rings. The Labute approximate surface area is 125 Å². The molecule has 1 aromatic heterocycles. The standard InChI is InChI=1S/C13H13ClN2O3S/c1-19-5-4-11-15-10-3-2-8(14)6-9(10)13(16-11)20-7-12(17)18/h2-3,6H,4-5,7H2,1H3,(H,17,18). The Morgan fingerprint density at radius 3 is 2.95 bits per heavy atom. The SMILES string of the molecule is COCCc1nc(SCC(=O)O)c2cc(Cl)ccc2n1. The van der Waals surface area contributed by atoms with Crippen molar-refractivity contribution in [1.29, 1.82) is 0 Å². The Morgan fingerprint density at radius 1 is 1.45 bits per heavy atom. The number of methoxy groups -OCH3 is 1. The van der Waals surface area contributed by atoms with Crippen LogP contribution in [0, 0.1) is 0 Å². The fraction of sp³-hybridized carbons (Fsp3) is 0.308. The fourth-order valence-electron chi connectivity index (χ4n) is 1.66. The van der Waals surface area contributed by atoms with Crippen LogP contribution in [-0.2, 0) is 16.0 Å². The lowest BCUT2D eigenvalue weighted by atomic mass is 10.2. The van der Waals surface area contributed by atoms with E-state index in [0.717, 1.165) is 22.7 Å². The molecule has 7 heteroatoms. The van der Waals surface area contributed by atoms with Crippen LogP contribution >= 0.6 is 23.4 Å². The van der Waals surface area contributed by atoms with Crippen LogP contribution in [0.1, 0.15) is 5.82 Å². The van der Waals surface area contributed by atoms with E-state index in [1.54, 1.807) is 25.3 Å². The van der Waals surface area contributed by atoms with Crippen molar-refractivity contribution in [2.45, 2.75) is 11.4 Å². The first-order chi connectivity index (χ1) is 9.60. The van der Waals surface area contributed by atoms with E-state index in [2.05, 4.69) is 9.97 Å². The summed E-state index contributed by atoms with van der Waals surface area (Å²) < 4.78 is 5.01. The highest BCUT2D eigenvalue weighted by molar-refractivity contribution is 8.00. The minimum absolute atomic E-state index is 0.0532. The first kappa shape index (κ1) is 15.0. The second-order valence-corrected chi connectivity index (χ2v) is 5.43. The lowest BCUT2D eigenvalue weighted by molar-refractivity contribution is -0.133. The van der Waals surface area contributed by atoms with Crippen LogP contribution in [0.2, 0.25) is 5.02 Å². The van der Waals surface area contributed by atoms with Crippen molar-refractivity contribution in [2.75, 3.05) is 19.5 Å². The number of fused-ring (bicyclic) bond motifs is 1. The smallest absolute Gasteiger partial charge is 0.313 e. The zero-order valence-corrected chi connectivity index (χ0v) is 12.4. The number of carbonyl (C=O) groups is 1. The molecule has 0 saturated carbocycles. The molecule has 5 nitrogen and oxygen atoms in total. The predicted molar refractivity (Wildman–Crippen MR) is 78.5 cm³/mol. The fourth-order valence-corrected chi connectivity index (χ4v) is 2.59. The van der Waals surface area contributed by atoms with Crippen molar-refractivity contribution in [2.24, 2.45) is 0 Å². The highest BCUT2D eigenvalue weighted by Gasteiger charge is 2.10. The zero-order valence-electron chi connectivity index (χ0n) is 10.8. The van der Waals surface area contributed by atoms with Crippen LogP contribution in [-0.4, -0.2) is 40.5 Å². The highest BCUT2D eigenvalue weighted by atomic mass is 35.5. The van der Waals surface area contributed by atoms with Gasteiger partial charge >= 0.3 is 5.97 Å². The molecule has 1 heterocycles. The summed E-state index contributed by atoms with van der Waals surface area (Å²) in [6.45, 7) is 0.516. The van der Waals surface area contributed by atoms with Gasteiger partial charge in [0.05, 0.1) is 17.9 Å². The molecule has 0 aliphatic heterocycles. The Kier molecular flexibility index (Phi) is 5.17. The van der Waals surface area contributed by atoms with Crippen LogP contribution < -0.4 is 0 Å². The number of aliphatic carboxylic acids is 1. The van der Waals surface area contributed by atoms with Gasteiger partial charge in [0.1, 0.15) is 10.9 Å². The van der Waals surface area contributed by atoms with E-state index in [1.807, 2.05) is 0 Å². The Balaban J connectivity index is 2.42. The van der Waals surface area contributed by atoms with Crippen LogP contribution in [0.25, 0.3) is 10.9 Å². The molecule has 106 valence electrons. The summed E-state index contributed by atoms with van der Waals surface area (Å²) >= 11 is 7.14. The van der Waals surface area contributed by atoms with Gasteiger partial charge in [-0.1, -0.05) is 23.4 Å². The molecule has 1 aromatic carbocycles. The molecule has 1 N–H and O–H groups in total. The van der Waals surface area contributed by atoms with Gasteiger partial charge in [-0.15, -0.1) is 0 Å². The van der Waals surface area contributed by atoms with Crippen molar-refractivity contribution < 1.29 is 14.6 Å². The molecular weight excluding hydrogens is 300 g/mol. The van der Waals surface area contributed by atoms with Gasteiger partial charge in [0.2, 0.25) is 0 Å². The van der Waals surface area contributed by atoms with E-state index in [0.29, 0.717) is 28.9 Å². The molecule has 2 rings (SSSR count). The van der Waals surface area contributed by atoms with Crippen molar-refractivity contribution in [3.8, 4) is 0 Å². The average Bonchev–Trinajstić information content (AvgIpc) is 2.42. The van der Waals surface area contributed by atoms with Crippen molar-refractivity contribution in [3.05, 3.63) is 29.0 Å². The molecule has 0 saturated heterocycles. The van der Waals surface area contributed by atoms with Gasteiger partial charge in [0, 0.05) is 23.9 Å². The number of hydrogen-bond donors (Lipinski definition) is 1. The second kappa shape index (κ2) is 6.88. The highest BCUT2D eigenvalue weighted by Crippen LogP contribution is 2.27. The van der Waals surface area contributed by atoms with Gasteiger partial charge in [-0.3, -0.25) is 4.79 Å². The van der Waals surface area contributed by atoms with Crippen molar-refractivity contribution >= 4 is 40.2 Å². The number of carboxylic acid groups (broad SMARTS) is 1. The number of hydrogen-bond acceptors (Lipinski definition) is 5. The quantitative estimate of drug-likeness (QED) is 0.653. The summed E-state index contributed by atoms with van der Waals surface area (Å²) in [5.41, 5.74) is 0.753. The zero-order chi connectivity index (χ0) is 14.5. The molecular formula is C13H13ClN2O3S. The van der Waals surface area contributed by atoms with Gasteiger partial charge < -0.3 is 9.84 Å². The Morgan fingerprint density at radius 2 is 2.25 bits per heavy atom. The van der Waals surface area contributed by atoms with Gasteiger partial charge in [-0.2, -0.15) is 0 Å². The number of ether oxygens (including phenoxy) is 1. The number of halogens is 1. The first-order valence-electron chi connectivity index (χ1n) is 5.90. The summed E-state index contributed by atoms with van der Waals surface area (Å²) in [7, 11) is 1.61. The summed E-state index contributed by atoms with van der Waals surface area (Å²) in [5.74, 6) is -0.306. The van der Waals surface area contributed by atoms with Crippen LogP contribution in [0.15, 0.2) is 23.2 Å². The molecule has 0 radical (unpaired) electrons. The predicted octanol–water partition coefficient (Wildman–Crippen LogP) is 2.65. The molecule has 0 bridgehead atoms. The molecule has 0 aliphatic carbocycles. The molecule has 0 unspecified atom stereocenters. The molecule has 0 atom stereocenters. The second-order valence-electron chi connectivity index (χ2n) is 4.03. The van der Waals surface area contributed by atoms with E-state index >= 15 is 0 Å². The maximum atomic E-state index is 10.7. The molecule has 0 amide bonds. The Bertz CT molecular complexity index is 636. The first-order valence-corrected chi connectivity index (χ1v) is 7.26. The summed E-state index contributed by atoms with van der Waals surface area (Å²) in [4.78, 5) is 19.6. The third-order valence-corrected chi connectivity index (χ3v) is 3.74. The number of carboxylic acids is 1. The number of thioether (sulfide) groups is 1. The van der Waals surface area contributed by atoms with Gasteiger partial charge in [0.25, 0.3) is 0 Å². The van der Waals surface area contributed by atoms with Crippen LogP contribution in [0.5, 0.6) is 0 Å². The molecule has 0 spiro atoms.